The summed E-state index contributed by atoms with van der Waals surface area (Å²) in [7, 11) is 0. The summed E-state index contributed by atoms with van der Waals surface area (Å²) >= 11 is 3.49. The van der Waals surface area contributed by atoms with Gasteiger partial charge in [0.15, 0.2) is 0 Å². The predicted molar refractivity (Wildman–Crippen MR) is 52.7 cm³/mol. The zero-order chi connectivity index (χ0) is 9.47. The minimum atomic E-state index is -0.305. The van der Waals surface area contributed by atoms with Crippen molar-refractivity contribution in [1.29, 1.82) is 0 Å². The molecule has 2 aliphatic rings. The van der Waals surface area contributed by atoms with Crippen molar-refractivity contribution in [3.63, 3.8) is 0 Å². The fraction of sp³-hybridized carbons (Fsp3) is 0.889. The van der Waals surface area contributed by atoms with E-state index >= 15 is 0 Å². The van der Waals surface area contributed by atoms with Crippen LogP contribution in [0.5, 0.6) is 0 Å². The van der Waals surface area contributed by atoms with Crippen molar-refractivity contribution in [2.75, 3.05) is 13.1 Å². The normalized spacial score (nSPS) is 31.5. The van der Waals surface area contributed by atoms with Crippen molar-refractivity contribution in [2.24, 2.45) is 0 Å². The number of halogens is 1. The number of likely N-dealkylation sites (tertiary alicyclic amines) is 1. The van der Waals surface area contributed by atoms with E-state index in [1.807, 2.05) is 0 Å². The van der Waals surface area contributed by atoms with Gasteiger partial charge < -0.3 is 10.0 Å². The average Bonchev–Trinajstić information content (AvgIpc) is 2.46. The summed E-state index contributed by atoms with van der Waals surface area (Å²) in [6.45, 7) is 1.24. The van der Waals surface area contributed by atoms with E-state index in [9.17, 15) is 9.90 Å². The van der Waals surface area contributed by atoms with E-state index in [0.717, 1.165) is 25.7 Å². The van der Waals surface area contributed by atoms with Crippen molar-refractivity contribution >= 4 is 21.8 Å². The van der Waals surface area contributed by atoms with Crippen LogP contribution in [-0.2, 0) is 4.79 Å². The van der Waals surface area contributed by atoms with Crippen LogP contribution in [0.15, 0.2) is 0 Å². The second-order valence-electron chi connectivity index (χ2n) is 4.01. The third-order valence-corrected chi connectivity index (χ3v) is 4.11. The van der Waals surface area contributed by atoms with E-state index in [2.05, 4.69) is 15.9 Å². The van der Waals surface area contributed by atoms with Crippen molar-refractivity contribution in [3.05, 3.63) is 0 Å². The van der Waals surface area contributed by atoms with Crippen molar-refractivity contribution in [2.45, 2.75) is 36.1 Å². The van der Waals surface area contributed by atoms with Gasteiger partial charge in [0.2, 0.25) is 5.91 Å². The SMILES string of the molecule is O=C(N1CC[C@@H](O)C1)C1(Br)CCC1. The smallest absolute Gasteiger partial charge is 0.239 e. The number of aliphatic hydroxyl groups excluding tert-OH is 1. The summed E-state index contributed by atoms with van der Waals surface area (Å²) in [6.07, 6.45) is 3.44. The lowest BCUT2D eigenvalue weighted by molar-refractivity contribution is -0.134. The highest BCUT2D eigenvalue weighted by Crippen LogP contribution is 2.42. The first-order chi connectivity index (χ1) is 6.12. The first-order valence-corrected chi connectivity index (χ1v) is 5.57. The highest BCUT2D eigenvalue weighted by Gasteiger charge is 2.45. The van der Waals surface area contributed by atoms with Gasteiger partial charge in [0, 0.05) is 13.1 Å². The molecule has 0 spiro atoms. The number of hydrogen-bond donors (Lipinski definition) is 1. The molecule has 2 fully saturated rings. The van der Waals surface area contributed by atoms with Gasteiger partial charge in [-0.2, -0.15) is 0 Å². The number of hydrogen-bond acceptors (Lipinski definition) is 2. The molecule has 0 aromatic carbocycles. The van der Waals surface area contributed by atoms with Crippen molar-refractivity contribution in [3.8, 4) is 0 Å². The van der Waals surface area contributed by atoms with Crippen LogP contribution in [0, 0.1) is 0 Å². The largest absolute Gasteiger partial charge is 0.391 e. The Hall–Kier alpha value is -0.0900. The van der Waals surface area contributed by atoms with Gasteiger partial charge in [0.25, 0.3) is 0 Å². The second kappa shape index (κ2) is 3.24. The summed E-state index contributed by atoms with van der Waals surface area (Å²) in [4.78, 5) is 13.6. The highest BCUT2D eigenvalue weighted by atomic mass is 79.9. The summed E-state index contributed by atoms with van der Waals surface area (Å²) in [5.74, 6) is 0.176. The van der Waals surface area contributed by atoms with Crippen LogP contribution < -0.4 is 0 Å². The van der Waals surface area contributed by atoms with Gasteiger partial charge in [-0.05, 0) is 25.7 Å². The van der Waals surface area contributed by atoms with E-state index < -0.39 is 0 Å². The third-order valence-electron chi connectivity index (χ3n) is 2.98. The Bertz CT molecular complexity index is 228. The molecule has 13 heavy (non-hydrogen) atoms. The van der Waals surface area contributed by atoms with Crippen LogP contribution in [0.2, 0.25) is 0 Å². The van der Waals surface area contributed by atoms with E-state index in [1.165, 1.54) is 0 Å². The van der Waals surface area contributed by atoms with Crippen LogP contribution in [0.4, 0.5) is 0 Å². The van der Waals surface area contributed by atoms with Gasteiger partial charge in [0.1, 0.15) is 4.32 Å². The van der Waals surface area contributed by atoms with Crippen LogP contribution in [0.25, 0.3) is 0 Å². The zero-order valence-corrected chi connectivity index (χ0v) is 9.09. The van der Waals surface area contributed by atoms with Gasteiger partial charge >= 0.3 is 0 Å². The molecule has 1 saturated heterocycles. The molecule has 4 heteroatoms. The van der Waals surface area contributed by atoms with Crippen LogP contribution >= 0.6 is 15.9 Å². The Morgan fingerprint density at radius 3 is 2.62 bits per heavy atom. The fourth-order valence-corrected chi connectivity index (χ4v) is 2.72. The Morgan fingerprint density at radius 2 is 2.23 bits per heavy atom. The molecular weight excluding hydrogens is 234 g/mol. The molecule has 1 aliphatic heterocycles. The first kappa shape index (κ1) is 9.46. The maximum atomic E-state index is 11.9. The molecule has 1 atom stereocenters. The second-order valence-corrected chi connectivity index (χ2v) is 5.53. The first-order valence-electron chi connectivity index (χ1n) is 4.78. The fourth-order valence-electron chi connectivity index (χ4n) is 1.91. The third kappa shape index (κ3) is 1.62. The van der Waals surface area contributed by atoms with E-state index in [0.29, 0.717) is 13.1 Å². The number of aliphatic hydroxyl groups is 1. The lowest BCUT2D eigenvalue weighted by Crippen LogP contribution is -2.48. The molecular formula is C9H14BrNO2. The maximum Gasteiger partial charge on any atom is 0.239 e. The number of nitrogens with zero attached hydrogens (tertiary/aromatic N) is 1. The monoisotopic (exact) mass is 247 g/mol. The molecule has 0 aromatic heterocycles. The molecule has 0 bridgehead atoms. The van der Waals surface area contributed by atoms with E-state index in [1.54, 1.807) is 4.90 Å². The highest BCUT2D eigenvalue weighted by molar-refractivity contribution is 9.10. The topological polar surface area (TPSA) is 40.5 Å². The lowest BCUT2D eigenvalue weighted by Gasteiger charge is -2.37. The van der Waals surface area contributed by atoms with Crippen molar-refractivity contribution < 1.29 is 9.90 Å². The lowest BCUT2D eigenvalue weighted by atomic mass is 9.84. The number of amides is 1. The van der Waals surface area contributed by atoms with Crippen molar-refractivity contribution in [1.82, 2.24) is 4.90 Å². The minimum Gasteiger partial charge on any atom is -0.391 e. The Kier molecular flexibility index (Phi) is 2.36. The van der Waals surface area contributed by atoms with E-state index in [-0.39, 0.29) is 16.3 Å². The predicted octanol–water partition coefficient (Wildman–Crippen LogP) is 0.897. The number of carbonyl (C=O) groups is 1. The average molecular weight is 248 g/mol. The van der Waals surface area contributed by atoms with Gasteiger partial charge in [-0.25, -0.2) is 0 Å². The Balaban J connectivity index is 1.97. The Labute approximate surface area is 86.2 Å². The number of carbonyl (C=O) groups excluding carboxylic acids is 1. The molecule has 1 amide bonds. The maximum absolute atomic E-state index is 11.9. The number of alkyl halides is 1. The summed E-state index contributed by atoms with van der Waals surface area (Å²) in [6, 6.07) is 0. The molecule has 74 valence electrons. The standard InChI is InChI=1S/C9H14BrNO2/c10-9(3-1-4-9)8(13)11-5-2-7(12)6-11/h7,12H,1-6H2/t7-/m1/s1. The summed E-state index contributed by atoms with van der Waals surface area (Å²) in [5.41, 5.74) is 0. The number of β-amino-alcohol motifs (C(OH)–C–C–N with tert-alkyl or cyclic N) is 1. The number of rotatable bonds is 1. The van der Waals surface area contributed by atoms with Crippen LogP contribution in [0.1, 0.15) is 25.7 Å². The van der Waals surface area contributed by atoms with Gasteiger partial charge in [-0.1, -0.05) is 15.9 Å². The molecule has 1 aliphatic carbocycles. The van der Waals surface area contributed by atoms with Gasteiger partial charge in [-0.3, -0.25) is 4.79 Å². The molecule has 1 heterocycles. The summed E-state index contributed by atoms with van der Waals surface area (Å²) < 4.78 is -0.281. The molecule has 1 N–H and O–H groups in total. The molecule has 2 rings (SSSR count). The molecule has 0 radical (unpaired) electrons. The summed E-state index contributed by atoms with van der Waals surface area (Å²) in [5, 5.41) is 9.30. The molecule has 3 nitrogen and oxygen atoms in total. The Morgan fingerprint density at radius 1 is 1.54 bits per heavy atom. The minimum absolute atomic E-state index is 0.176. The van der Waals surface area contributed by atoms with E-state index in [4.69, 9.17) is 0 Å². The molecule has 1 saturated carbocycles. The van der Waals surface area contributed by atoms with Gasteiger partial charge in [-0.15, -0.1) is 0 Å². The van der Waals surface area contributed by atoms with Gasteiger partial charge in [0.05, 0.1) is 6.10 Å². The van der Waals surface area contributed by atoms with Crippen LogP contribution in [-0.4, -0.2) is 39.4 Å². The zero-order valence-electron chi connectivity index (χ0n) is 7.50. The molecule has 0 unspecified atom stereocenters. The molecule has 0 aromatic rings. The van der Waals surface area contributed by atoms with Crippen LogP contribution in [0.3, 0.4) is 0 Å². The quantitative estimate of drug-likeness (QED) is 0.700.